The van der Waals surface area contributed by atoms with E-state index in [9.17, 15) is 29.2 Å². The van der Waals surface area contributed by atoms with E-state index in [1.54, 1.807) is 44.2 Å². The normalized spacial score (nSPS) is 16.7. The maximum absolute atomic E-state index is 14.9. The van der Waals surface area contributed by atoms with Crippen LogP contribution in [0, 0.1) is 30.1 Å². The number of pyridine rings is 1. The molecule has 0 saturated heterocycles. The SMILES string of the molecule is Cc1nc(-c2ccc(C(C)(C)C)cc2)c(N(C)C)cc1C(=O)C[C@@H](CCN)C(=O)N(C)[C@@H]1C(=O)C[C@@H](C)C(=O)N[C@H](C(=O)CCC#N)Cc2ccc(OCCN)c(c2)-c2cc1ccc2OCCN. The molecule has 4 bridgehead atoms. The average molecular weight is 929 g/mol. The molecule has 0 aliphatic carbocycles. The highest BCUT2D eigenvalue weighted by Gasteiger charge is 2.36. The summed E-state index contributed by atoms with van der Waals surface area (Å²) in [6, 6.07) is 20.4. The lowest BCUT2D eigenvalue weighted by molar-refractivity contribution is -0.142. The van der Waals surface area contributed by atoms with Crippen molar-refractivity contribution < 1.29 is 33.4 Å². The summed E-state index contributed by atoms with van der Waals surface area (Å²) in [6.45, 7) is 10.7. The van der Waals surface area contributed by atoms with E-state index in [0.717, 1.165) is 16.9 Å². The van der Waals surface area contributed by atoms with Gasteiger partial charge in [-0.25, -0.2) is 0 Å². The Bertz CT molecular complexity index is 2510. The number of rotatable bonds is 18. The first kappa shape index (κ1) is 52.5. The number of ketones is 3. The number of nitrogens with zero attached hydrogens (tertiary/aromatic N) is 4. The fourth-order valence-corrected chi connectivity index (χ4v) is 8.53. The van der Waals surface area contributed by atoms with Crippen LogP contribution in [0.5, 0.6) is 11.5 Å². The van der Waals surface area contributed by atoms with Crippen LogP contribution in [-0.2, 0) is 31.0 Å². The zero-order valence-electron chi connectivity index (χ0n) is 40.8. The number of benzene rings is 3. The topological polar surface area (TPSA) is 237 Å². The van der Waals surface area contributed by atoms with E-state index in [0.29, 0.717) is 45.0 Å². The smallest absolute Gasteiger partial charge is 0.226 e. The number of hydrogen-bond acceptors (Lipinski definition) is 13. The molecule has 68 heavy (non-hydrogen) atoms. The van der Waals surface area contributed by atoms with Crippen LogP contribution in [0.25, 0.3) is 22.4 Å². The molecule has 0 spiro atoms. The number of fused-ring (bicyclic) bond motifs is 5. The highest BCUT2D eigenvalue weighted by atomic mass is 16.5. The van der Waals surface area contributed by atoms with Crippen LogP contribution in [0.4, 0.5) is 5.69 Å². The fourth-order valence-electron chi connectivity index (χ4n) is 8.53. The zero-order valence-corrected chi connectivity index (χ0v) is 40.8. The summed E-state index contributed by atoms with van der Waals surface area (Å²) >= 11 is 0. The van der Waals surface area contributed by atoms with Crippen molar-refractivity contribution in [1.29, 1.82) is 5.26 Å². The van der Waals surface area contributed by atoms with Crippen molar-refractivity contribution in [3.05, 3.63) is 94.7 Å². The molecule has 2 amide bonds. The van der Waals surface area contributed by atoms with Gasteiger partial charge in [-0.05, 0) is 78.7 Å². The van der Waals surface area contributed by atoms with Crippen LogP contribution in [0.1, 0.15) is 98.6 Å². The summed E-state index contributed by atoms with van der Waals surface area (Å²) in [6.07, 6.45) is -0.369. The highest BCUT2D eigenvalue weighted by Crippen LogP contribution is 2.41. The van der Waals surface area contributed by atoms with Gasteiger partial charge in [0.1, 0.15) is 30.8 Å². The predicted octanol–water partition coefficient (Wildman–Crippen LogP) is 6.01. The summed E-state index contributed by atoms with van der Waals surface area (Å²) in [4.78, 5) is 79.7. The number of nitriles is 1. The van der Waals surface area contributed by atoms with Crippen molar-refractivity contribution in [2.75, 3.05) is 58.9 Å². The number of carbonyl (C=O) groups excluding carboxylic acids is 5. The van der Waals surface area contributed by atoms with Crippen LogP contribution >= 0.6 is 0 Å². The Morgan fingerprint density at radius 1 is 0.882 bits per heavy atom. The fraction of sp³-hybridized carbons (Fsp3) is 0.453. The first-order valence-corrected chi connectivity index (χ1v) is 23.3. The van der Waals surface area contributed by atoms with E-state index in [-0.39, 0.29) is 88.4 Å². The summed E-state index contributed by atoms with van der Waals surface area (Å²) in [5.74, 6) is -3.10. The van der Waals surface area contributed by atoms with Crippen molar-refractivity contribution in [3.8, 4) is 40.0 Å². The molecule has 0 fully saturated rings. The van der Waals surface area contributed by atoms with Gasteiger partial charge in [0.15, 0.2) is 17.3 Å². The van der Waals surface area contributed by atoms with Gasteiger partial charge in [0, 0.05) is 99.7 Å². The molecule has 1 aromatic heterocycles. The lowest BCUT2D eigenvalue weighted by Gasteiger charge is -2.32. The van der Waals surface area contributed by atoms with Crippen LogP contribution in [-0.4, -0.2) is 99.1 Å². The standard InChI is InChI=1S/C53H68N8O7/c1-32-26-46(64)50(61(8)52(66)37(19-21-55)30-45(63)39-31-43(60(6)7)49(58-33(39)2)35-12-15-38(16-13-35)53(3,4)5)36-14-18-48(68-25-23-57)41(29-36)40-27-34(11-17-47(40)67-24-22-56)28-42(59-51(32)65)44(62)10-9-20-54/h11-18,27,29,31-32,37,42,50H,9-10,19,21-26,28,30,55-57H2,1-8H3,(H,59,65)/t32-,37-,42+,50+/m1/s1. The van der Waals surface area contributed by atoms with Gasteiger partial charge in [-0.1, -0.05) is 64.1 Å². The monoisotopic (exact) mass is 929 g/mol. The predicted molar refractivity (Wildman–Crippen MR) is 264 cm³/mol. The Morgan fingerprint density at radius 3 is 2.10 bits per heavy atom. The number of aromatic nitrogens is 1. The third-order valence-corrected chi connectivity index (χ3v) is 12.3. The Hall–Kier alpha value is -6.47. The number of likely N-dealkylation sites (N-methyl/N-ethyl adjacent to an activating group) is 1. The minimum absolute atomic E-state index is 0.0294. The second kappa shape index (κ2) is 23.5. The van der Waals surface area contributed by atoms with E-state index in [1.807, 2.05) is 49.3 Å². The molecule has 3 aromatic carbocycles. The van der Waals surface area contributed by atoms with Crippen molar-refractivity contribution in [3.63, 3.8) is 0 Å². The number of nitrogens with two attached hydrogens (primary N) is 3. The summed E-state index contributed by atoms with van der Waals surface area (Å²) in [5.41, 5.74) is 24.4. The van der Waals surface area contributed by atoms with Crippen molar-refractivity contribution in [2.45, 2.75) is 90.6 Å². The first-order valence-electron chi connectivity index (χ1n) is 23.3. The molecule has 2 heterocycles. The van der Waals surface area contributed by atoms with Gasteiger partial charge in [-0.15, -0.1) is 0 Å². The first-order chi connectivity index (χ1) is 32.3. The summed E-state index contributed by atoms with van der Waals surface area (Å²) in [7, 11) is 5.29. The van der Waals surface area contributed by atoms with Crippen molar-refractivity contribution in [1.82, 2.24) is 15.2 Å². The minimum Gasteiger partial charge on any atom is -0.492 e. The van der Waals surface area contributed by atoms with E-state index in [2.05, 4.69) is 38.2 Å². The molecule has 362 valence electrons. The zero-order chi connectivity index (χ0) is 49.9. The molecule has 7 N–H and O–H groups in total. The lowest BCUT2D eigenvalue weighted by atomic mass is 9.86. The van der Waals surface area contributed by atoms with Crippen LogP contribution in [0.2, 0.25) is 0 Å². The number of amides is 2. The largest absolute Gasteiger partial charge is 0.492 e. The number of Topliss-reactive ketones (excluding diaryl/α,β-unsaturated/α-hetero) is 3. The van der Waals surface area contributed by atoms with Crippen molar-refractivity contribution >= 4 is 34.9 Å². The molecule has 0 saturated carbocycles. The summed E-state index contributed by atoms with van der Waals surface area (Å²) in [5, 5.41) is 12.1. The Kier molecular flexibility index (Phi) is 18.1. The number of anilines is 1. The third-order valence-electron chi connectivity index (χ3n) is 12.3. The van der Waals surface area contributed by atoms with Gasteiger partial charge in [-0.3, -0.25) is 29.0 Å². The van der Waals surface area contributed by atoms with Gasteiger partial charge >= 0.3 is 0 Å². The van der Waals surface area contributed by atoms with Gasteiger partial charge < -0.3 is 41.8 Å². The van der Waals surface area contributed by atoms with E-state index < -0.39 is 41.5 Å². The summed E-state index contributed by atoms with van der Waals surface area (Å²) < 4.78 is 12.3. The maximum Gasteiger partial charge on any atom is 0.226 e. The molecule has 1 aliphatic rings. The Balaban J connectivity index is 1.59. The second-order valence-electron chi connectivity index (χ2n) is 18.8. The number of hydrogen-bond donors (Lipinski definition) is 4. The number of nitrogens with one attached hydrogen (secondary N) is 1. The molecule has 1 aliphatic heterocycles. The van der Waals surface area contributed by atoms with E-state index in [1.165, 1.54) is 17.5 Å². The highest BCUT2D eigenvalue weighted by molar-refractivity contribution is 6.02. The number of carbonyl (C=O) groups is 5. The molecule has 0 unspecified atom stereocenters. The van der Waals surface area contributed by atoms with Crippen molar-refractivity contribution in [2.24, 2.45) is 29.0 Å². The number of aryl methyl sites for hydroxylation is 1. The Morgan fingerprint density at radius 2 is 1.51 bits per heavy atom. The quantitative estimate of drug-likeness (QED) is 0.0838. The maximum atomic E-state index is 14.9. The Labute approximate surface area is 400 Å². The lowest BCUT2D eigenvalue weighted by Crippen LogP contribution is -2.46. The minimum atomic E-state index is -1.24. The van der Waals surface area contributed by atoms with Gasteiger partial charge in [0.2, 0.25) is 11.8 Å². The molecule has 15 heteroatoms. The molecule has 0 radical (unpaired) electrons. The van der Waals surface area contributed by atoms with Gasteiger partial charge in [-0.2, -0.15) is 5.26 Å². The number of ether oxygens (including phenoxy) is 2. The molecular formula is C53H68N8O7. The third kappa shape index (κ3) is 12.7. The molecule has 15 nitrogen and oxygen atoms in total. The molecule has 4 aromatic rings. The second-order valence-corrected chi connectivity index (χ2v) is 18.8. The van der Waals surface area contributed by atoms with E-state index >= 15 is 0 Å². The van der Waals surface area contributed by atoms with Gasteiger partial charge in [0.05, 0.1) is 23.5 Å². The molecular weight excluding hydrogens is 861 g/mol. The average Bonchev–Trinajstić information content (AvgIpc) is 3.30. The molecule has 4 atom stereocenters. The van der Waals surface area contributed by atoms with Crippen LogP contribution in [0.15, 0.2) is 66.7 Å². The molecule has 5 rings (SSSR count). The van der Waals surface area contributed by atoms with Gasteiger partial charge in [0.25, 0.3) is 0 Å². The van der Waals surface area contributed by atoms with E-state index in [4.69, 9.17) is 31.7 Å². The van der Waals surface area contributed by atoms with Crippen LogP contribution in [0.3, 0.4) is 0 Å². The van der Waals surface area contributed by atoms with Crippen LogP contribution < -0.4 is 36.9 Å².